The standard InChI is InChI=1S/C6H3N7O/c7-12-6-10-4-3(5(11-6)13-14)8-1-2-9-4/h1-2,7H. The summed E-state index contributed by atoms with van der Waals surface area (Å²) in [6.07, 6.45) is 2.82. The van der Waals surface area contributed by atoms with E-state index in [0.717, 1.165) is 0 Å². The van der Waals surface area contributed by atoms with Gasteiger partial charge in [0.15, 0.2) is 11.2 Å². The molecule has 2 rings (SSSR count). The van der Waals surface area contributed by atoms with E-state index in [0.29, 0.717) is 0 Å². The van der Waals surface area contributed by atoms with Gasteiger partial charge in [0.05, 0.1) is 0 Å². The molecule has 8 nitrogen and oxygen atoms in total. The zero-order valence-electron chi connectivity index (χ0n) is 6.75. The summed E-state index contributed by atoms with van der Waals surface area (Å²) in [5, 5.41) is 5.65. The molecule has 0 atom stereocenters. The number of nitrogens with one attached hydrogen (secondary N) is 1. The molecule has 0 saturated heterocycles. The van der Waals surface area contributed by atoms with Crippen molar-refractivity contribution in [2.24, 2.45) is 10.3 Å². The Kier molecular flexibility index (Phi) is 1.86. The SMILES string of the molecule is N=Nc1nc(N=O)c2nccnc2n1. The average molecular weight is 189 g/mol. The van der Waals surface area contributed by atoms with Crippen LogP contribution in [0.4, 0.5) is 11.8 Å². The van der Waals surface area contributed by atoms with E-state index in [2.05, 4.69) is 30.2 Å². The molecule has 0 aliphatic heterocycles. The molecular weight excluding hydrogens is 186 g/mol. The molecule has 0 bridgehead atoms. The summed E-state index contributed by atoms with van der Waals surface area (Å²) in [7, 11) is 0. The van der Waals surface area contributed by atoms with Crippen LogP contribution < -0.4 is 0 Å². The van der Waals surface area contributed by atoms with Crippen molar-refractivity contribution in [1.29, 1.82) is 5.53 Å². The summed E-state index contributed by atoms with van der Waals surface area (Å²) < 4.78 is 0. The van der Waals surface area contributed by atoms with Gasteiger partial charge < -0.3 is 0 Å². The second kappa shape index (κ2) is 3.17. The molecule has 2 aromatic heterocycles. The van der Waals surface area contributed by atoms with E-state index in [1.54, 1.807) is 0 Å². The Hall–Kier alpha value is -2.38. The summed E-state index contributed by atoms with van der Waals surface area (Å²) in [6, 6.07) is 0. The number of aromatic nitrogens is 4. The molecule has 0 saturated carbocycles. The fraction of sp³-hybridized carbons (Fsp3) is 0. The zero-order valence-corrected chi connectivity index (χ0v) is 6.75. The van der Waals surface area contributed by atoms with Crippen molar-refractivity contribution in [1.82, 2.24) is 19.9 Å². The van der Waals surface area contributed by atoms with Crippen molar-refractivity contribution in [3.05, 3.63) is 17.3 Å². The Morgan fingerprint density at radius 3 is 2.71 bits per heavy atom. The van der Waals surface area contributed by atoms with E-state index in [4.69, 9.17) is 5.53 Å². The molecule has 0 aliphatic carbocycles. The third-order valence-electron chi connectivity index (χ3n) is 1.49. The Balaban J connectivity index is 2.86. The monoisotopic (exact) mass is 189 g/mol. The summed E-state index contributed by atoms with van der Waals surface area (Å²) in [6.45, 7) is 0. The number of nitroso groups, excluding NO2 is 1. The van der Waals surface area contributed by atoms with Gasteiger partial charge in [-0.15, -0.1) is 10.0 Å². The van der Waals surface area contributed by atoms with Crippen LogP contribution in [0.15, 0.2) is 22.7 Å². The van der Waals surface area contributed by atoms with Crippen LogP contribution in [0.1, 0.15) is 0 Å². The molecule has 68 valence electrons. The number of fused-ring (bicyclic) bond motifs is 1. The largest absolute Gasteiger partial charge is 0.272 e. The minimum atomic E-state index is -0.160. The fourth-order valence-corrected chi connectivity index (χ4v) is 0.951. The van der Waals surface area contributed by atoms with E-state index < -0.39 is 0 Å². The van der Waals surface area contributed by atoms with E-state index >= 15 is 0 Å². The molecule has 0 fully saturated rings. The van der Waals surface area contributed by atoms with Crippen molar-refractivity contribution in [2.75, 3.05) is 0 Å². The molecule has 1 N–H and O–H groups in total. The lowest BCUT2D eigenvalue weighted by molar-refractivity contribution is 1.02. The van der Waals surface area contributed by atoms with Crippen molar-refractivity contribution in [3.63, 3.8) is 0 Å². The van der Waals surface area contributed by atoms with Crippen LogP contribution in [-0.4, -0.2) is 19.9 Å². The number of nitrogens with zero attached hydrogens (tertiary/aromatic N) is 6. The van der Waals surface area contributed by atoms with Gasteiger partial charge in [-0.1, -0.05) is 0 Å². The van der Waals surface area contributed by atoms with Gasteiger partial charge in [-0.3, -0.25) is 0 Å². The van der Waals surface area contributed by atoms with Crippen LogP contribution in [0.25, 0.3) is 11.2 Å². The number of hydrogen-bond acceptors (Lipinski definition) is 8. The highest BCUT2D eigenvalue weighted by Gasteiger charge is 2.08. The molecule has 0 amide bonds. The van der Waals surface area contributed by atoms with E-state index in [1.807, 2.05) is 0 Å². The molecule has 0 unspecified atom stereocenters. The lowest BCUT2D eigenvalue weighted by atomic mass is 10.5. The number of hydrogen-bond donors (Lipinski definition) is 1. The summed E-state index contributed by atoms with van der Waals surface area (Å²) in [5.74, 6) is -0.318. The highest BCUT2D eigenvalue weighted by Crippen LogP contribution is 2.20. The van der Waals surface area contributed by atoms with Crippen molar-refractivity contribution >= 4 is 22.9 Å². The van der Waals surface area contributed by atoms with Crippen molar-refractivity contribution < 1.29 is 0 Å². The molecular formula is C6H3N7O. The Labute approximate surface area is 76.9 Å². The third-order valence-corrected chi connectivity index (χ3v) is 1.49. The molecule has 0 aromatic carbocycles. The quantitative estimate of drug-likeness (QED) is 0.566. The van der Waals surface area contributed by atoms with Crippen LogP contribution in [-0.2, 0) is 0 Å². The summed E-state index contributed by atoms with van der Waals surface area (Å²) in [4.78, 5) is 25.4. The second-order valence-electron chi connectivity index (χ2n) is 2.28. The fourth-order valence-electron chi connectivity index (χ4n) is 0.951. The molecule has 2 aromatic rings. The first-order valence-corrected chi connectivity index (χ1v) is 3.54. The predicted octanol–water partition coefficient (Wildman–Crippen LogP) is 1.48. The van der Waals surface area contributed by atoms with Gasteiger partial charge in [0.2, 0.25) is 5.82 Å². The van der Waals surface area contributed by atoms with Crippen LogP contribution in [0.5, 0.6) is 0 Å². The zero-order chi connectivity index (χ0) is 9.97. The minimum Gasteiger partial charge on any atom is -0.247 e. The predicted molar refractivity (Wildman–Crippen MR) is 45.4 cm³/mol. The van der Waals surface area contributed by atoms with Crippen LogP contribution in [0.3, 0.4) is 0 Å². The van der Waals surface area contributed by atoms with Gasteiger partial charge >= 0.3 is 0 Å². The second-order valence-corrected chi connectivity index (χ2v) is 2.28. The first-order chi connectivity index (χ1) is 6.85. The van der Waals surface area contributed by atoms with Gasteiger partial charge in [0, 0.05) is 12.4 Å². The van der Waals surface area contributed by atoms with Crippen LogP contribution >= 0.6 is 0 Å². The maximum atomic E-state index is 10.4. The van der Waals surface area contributed by atoms with Crippen LogP contribution in [0, 0.1) is 10.4 Å². The molecule has 0 radical (unpaired) electrons. The molecule has 8 heteroatoms. The van der Waals surface area contributed by atoms with E-state index in [-0.39, 0.29) is 22.9 Å². The smallest absolute Gasteiger partial charge is 0.247 e. The van der Waals surface area contributed by atoms with Crippen LogP contribution in [0.2, 0.25) is 0 Å². The van der Waals surface area contributed by atoms with Gasteiger partial charge in [0.25, 0.3) is 5.95 Å². The lowest BCUT2D eigenvalue weighted by Crippen LogP contribution is -1.89. The minimum absolute atomic E-state index is 0.158. The first kappa shape index (κ1) is 8.23. The van der Waals surface area contributed by atoms with Gasteiger partial charge in [-0.2, -0.15) is 9.97 Å². The Morgan fingerprint density at radius 2 is 2.00 bits per heavy atom. The Bertz CT molecular complexity index is 511. The van der Waals surface area contributed by atoms with Gasteiger partial charge in [-0.25, -0.2) is 15.5 Å². The molecule has 2 heterocycles. The highest BCUT2D eigenvalue weighted by molar-refractivity contribution is 5.80. The van der Waals surface area contributed by atoms with Gasteiger partial charge in [0.1, 0.15) is 0 Å². The lowest BCUT2D eigenvalue weighted by Gasteiger charge is -1.96. The van der Waals surface area contributed by atoms with E-state index in [1.165, 1.54) is 12.4 Å². The third kappa shape index (κ3) is 1.18. The van der Waals surface area contributed by atoms with Crippen molar-refractivity contribution in [2.45, 2.75) is 0 Å². The van der Waals surface area contributed by atoms with Crippen molar-refractivity contribution in [3.8, 4) is 0 Å². The molecule has 0 spiro atoms. The molecule has 0 aliphatic rings. The highest BCUT2D eigenvalue weighted by atomic mass is 16.3. The van der Waals surface area contributed by atoms with E-state index in [9.17, 15) is 4.91 Å². The maximum Gasteiger partial charge on any atom is 0.272 e. The summed E-state index contributed by atoms with van der Waals surface area (Å²) >= 11 is 0. The average Bonchev–Trinajstić information content (AvgIpc) is 2.27. The Morgan fingerprint density at radius 1 is 1.21 bits per heavy atom. The summed E-state index contributed by atoms with van der Waals surface area (Å²) in [5.41, 5.74) is 7.10. The number of rotatable bonds is 2. The molecule has 14 heavy (non-hydrogen) atoms. The first-order valence-electron chi connectivity index (χ1n) is 3.54. The maximum absolute atomic E-state index is 10.4. The van der Waals surface area contributed by atoms with Gasteiger partial charge in [-0.05, 0) is 5.18 Å². The normalized spacial score (nSPS) is 10.0. The topological polar surface area (TPSA) is 117 Å².